The molecule has 0 aromatic heterocycles. The molecular weight excluding hydrogens is 335 g/mol. The van der Waals surface area contributed by atoms with Gasteiger partial charge in [0.2, 0.25) is 5.91 Å². The summed E-state index contributed by atoms with van der Waals surface area (Å²) in [4.78, 5) is 13.5. The average Bonchev–Trinajstić information content (AvgIpc) is 2.87. The Morgan fingerprint density at radius 1 is 1.35 bits per heavy atom. The van der Waals surface area contributed by atoms with Crippen molar-refractivity contribution in [3.63, 3.8) is 0 Å². The molecule has 0 bridgehead atoms. The Morgan fingerprint density at radius 3 is 2.78 bits per heavy atom. The summed E-state index contributed by atoms with van der Waals surface area (Å²) in [5.41, 5.74) is 0.952. The Morgan fingerprint density at radius 2 is 2.13 bits per heavy atom. The topological polar surface area (TPSA) is 41.6 Å². The highest BCUT2D eigenvalue weighted by atomic mass is 35.5. The zero-order valence-corrected chi connectivity index (χ0v) is 15.2. The summed E-state index contributed by atoms with van der Waals surface area (Å²) in [5, 5.41) is 4.51. The number of likely N-dealkylation sites (tertiary alicyclic amines) is 1. The van der Waals surface area contributed by atoms with Gasteiger partial charge in [0.15, 0.2) is 0 Å². The molecule has 1 aromatic carbocycles. The van der Waals surface area contributed by atoms with E-state index in [1.165, 1.54) is 0 Å². The Hall–Kier alpha value is -0.970. The second-order valence-electron chi connectivity index (χ2n) is 6.06. The second-order valence-corrected chi connectivity index (χ2v) is 6.90. The molecule has 1 amide bonds. The van der Waals surface area contributed by atoms with Gasteiger partial charge in [-0.25, -0.2) is 0 Å². The number of nitrogens with zero attached hydrogens (tertiary/aromatic N) is 1. The fraction of sp³-hybridized carbons (Fsp3) is 0.588. The van der Waals surface area contributed by atoms with E-state index in [0.717, 1.165) is 38.0 Å². The largest absolute Gasteiger partial charge is 0.489 e. The van der Waals surface area contributed by atoms with Gasteiger partial charge in [-0.1, -0.05) is 23.2 Å². The molecule has 128 valence electrons. The van der Waals surface area contributed by atoms with E-state index < -0.39 is 0 Å². The number of hydrogen-bond donors (Lipinski definition) is 1. The average molecular weight is 359 g/mol. The molecule has 1 aromatic rings. The lowest BCUT2D eigenvalue weighted by Gasteiger charge is -2.18. The van der Waals surface area contributed by atoms with E-state index >= 15 is 0 Å². The smallest absolute Gasteiger partial charge is 0.222 e. The van der Waals surface area contributed by atoms with Crippen molar-refractivity contribution in [2.45, 2.75) is 45.8 Å². The monoisotopic (exact) mass is 358 g/mol. The number of benzene rings is 1. The van der Waals surface area contributed by atoms with Crippen LogP contribution >= 0.6 is 23.2 Å². The third-order valence-corrected chi connectivity index (χ3v) is 4.21. The lowest BCUT2D eigenvalue weighted by molar-refractivity contribution is -0.127. The fourth-order valence-corrected chi connectivity index (χ4v) is 3.25. The number of rotatable bonds is 8. The van der Waals surface area contributed by atoms with E-state index in [0.29, 0.717) is 28.8 Å². The molecular formula is C17H24Cl2N2O2. The van der Waals surface area contributed by atoms with Crippen LogP contribution in [0, 0.1) is 0 Å². The molecule has 0 radical (unpaired) electrons. The van der Waals surface area contributed by atoms with Gasteiger partial charge in [-0.15, -0.1) is 0 Å². The maximum absolute atomic E-state index is 11.5. The molecule has 0 unspecified atom stereocenters. The van der Waals surface area contributed by atoms with Crippen molar-refractivity contribution in [1.82, 2.24) is 10.2 Å². The van der Waals surface area contributed by atoms with Crippen LogP contribution in [0.5, 0.6) is 5.75 Å². The summed E-state index contributed by atoms with van der Waals surface area (Å²) in [7, 11) is 0. The van der Waals surface area contributed by atoms with Crippen molar-refractivity contribution >= 4 is 29.1 Å². The minimum absolute atomic E-state index is 0.0496. The molecule has 23 heavy (non-hydrogen) atoms. The van der Waals surface area contributed by atoms with Crippen LogP contribution in [-0.2, 0) is 11.3 Å². The highest BCUT2D eigenvalue weighted by molar-refractivity contribution is 6.35. The van der Waals surface area contributed by atoms with E-state index in [1.54, 1.807) is 6.07 Å². The Labute approximate surface area is 148 Å². The van der Waals surface area contributed by atoms with Gasteiger partial charge in [-0.2, -0.15) is 0 Å². The third kappa shape index (κ3) is 5.55. The number of nitrogens with one attached hydrogen (secondary N) is 1. The van der Waals surface area contributed by atoms with Crippen molar-refractivity contribution in [2.75, 3.05) is 19.6 Å². The molecule has 1 heterocycles. The summed E-state index contributed by atoms with van der Waals surface area (Å²) in [6.07, 6.45) is 2.67. The highest BCUT2D eigenvalue weighted by Gasteiger charge is 2.19. The minimum atomic E-state index is 0.0496. The van der Waals surface area contributed by atoms with Crippen LogP contribution in [0.2, 0.25) is 10.0 Å². The lowest BCUT2D eigenvalue weighted by atomic mass is 10.2. The van der Waals surface area contributed by atoms with Gasteiger partial charge >= 0.3 is 0 Å². The Kier molecular flexibility index (Phi) is 7.00. The lowest BCUT2D eigenvalue weighted by Crippen LogP contribution is -2.28. The normalized spacial score (nSPS) is 14.8. The van der Waals surface area contributed by atoms with Crippen molar-refractivity contribution in [1.29, 1.82) is 0 Å². The summed E-state index contributed by atoms with van der Waals surface area (Å²) >= 11 is 12.3. The maximum atomic E-state index is 11.5. The number of halogens is 2. The molecule has 0 atom stereocenters. The molecule has 1 fully saturated rings. The molecule has 2 rings (SSSR count). The molecule has 0 spiro atoms. The Balaban J connectivity index is 1.83. The van der Waals surface area contributed by atoms with Crippen LogP contribution in [0.3, 0.4) is 0 Å². The first-order chi connectivity index (χ1) is 11.0. The second kappa shape index (κ2) is 8.76. The molecule has 1 aliphatic rings. The SMILES string of the molecule is CC(C)Oc1c(Cl)cc(Cl)cc1CNCCCN1CCCC1=O. The van der Waals surface area contributed by atoms with Gasteiger partial charge in [0, 0.05) is 36.6 Å². The van der Waals surface area contributed by atoms with Gasteiger partial charge < -0.3 is 15.0 Å². The summed E-state index contributed by atoms with van der Waals surface area (Å²) < 4.78 is 5.80. The number of amides is 1. The first-order valence-electron chi connectivity index (χ1n) is 8.10. The molecule has 6 heteroatoms. The summed E-state index contributed by atoms with van der Waals surface area (Å²) in [6, 6.07) is 3.57. The van der Waals surface area contributed by atoms with Gasteiger partial charge in [0.1, 0.15) is 5.75 Å². The quantitative estimate of drug-likeness (QED) is 0.716. The Bertz CT molecular complexity index is 550. The summed E-state index contributed by atoms with van der Waals surface area (Å²) in [6.45, 7) is 7.11. The van der Waals surface area contributed by atoms with E-state index in [2.05, 4.69) is 5.32 Å². The van der Waals surface area contributed by atoms with Gasteiger partial charge in [-0.3, -0.25) is 4.79 Å². The summed E-state index contributed by atoms with van der Waals surface area (Å²) in [5.74, 6) is 0.965. The van der Waals surface area contributed by atoms with Crippen LogP contribution in [-0.4, -0.2) is 36.5 Å². The molecule has 0 aliphatic carbocycles. The number of ether oxygens (including phenoxy) is 1. The van der Waals surface area contributed by atoms with Crippen LogP contribution in [0.25, 0.3) is 0 Å². The first-order valence-corrected chi connectivity index (χ1v) is 8.86. The van der Waals surface area contributed by atoms with Crippen molar-refractivity contribution in [3.8, 4) is 5.75 Å². The van der Waals surface area contributed by atoms with Gasteiger partial charge in [-0.05, 0) is 45.4 Å². The minimum Gasteiger partial charge on any atom is -0.489 e. The van der Waals surface area contributed by atoms with Gasteiger partial charge in [0.05, 0.1) is 11.1 Å². The first kappa shape index (κ1) is 18.4. The predicted molar refractivity (Wildman–Crippen MR) is 94.4 cm³/mol. The standard InChI is InChI=1S/C17H24Cl2N2O2/c1-12(2)23-17-13(9-14(18)10-15(17)19)11-20-6-4-8-21-7-3-5-16(21)22/h9-10,12,20H,3-8,11H2,1-2H3. The zero-order valence-electron chi connectivity index (χ0n) is 13.7. The number of carbonyl (C=O) groups is 1. The zero-order chi connectivity index (χ0) is 16.8. The van der Waals surface area contributed by atoms with Crippen LogP contribution in [0.4, 0.5) is 0 Å². The maximum Gasteiger partial charge on any atom is 0.222 e. The van der Waals surface area contributed by atoms with E-state index in [-0.39, 0.29) is 12.0 Å². The third-order valence-electron chi connectivity index (χ3n) is 3.71. The molecule has 1 saturated heterocycles. The van der Waals surface area contributed by atoms with Crippen molar-refractivity contribution < 1.29 is 9.53 Å². The van der Waals surface area contributed by atoms with E-state index in [9.17, 15) is 4.79 Å². The number of carbonyl (C=O) groups excluding carboxylic acids is 1. The molecule has 0 saturated carbocycles. The predicted octanol–water partition coefficient (Wildman–Crippen LogP) is 3.88. The highest BCUT2D eigenvalue weighted by Crippen LogP contribution is 2.33. The fourth-order valence-electron chi connectivity index (χ4n) is 2.67. The number of hydrogen-bond acceptors (Lipinski definition) is 3. The van der Waals surface area contributed by atoms with E-state index in [4.69, 9.17) is 27.9 Å². The molecule has 1 N–H and O–H groups in total. The van der Waals surface area contributed by atoms with Crippen molar-refractivity contribution in [2.24, 2.45) is 0 Å². The van der Waals surface area contributed by atoms with Gasteiger partial charge in [0.25, 0.3) is 0 Å². The van der Waals surface area contributed by atoms with Crippen molar-refractivity contribution in [3.05, 3.63) is 27.7 Å². The van der Waals surface area contributed by atoms with Crippen LogP contribution in [0.1, 0.15) is 38.7 Å². The van der Waals surface area contributed by atoms with Crippen LogP contribution in [0.15, 0.2) is 12.1 Å². The molecule has 4 nitrogen and oxygen atoms in total. The van der Waals surface area contributed by atoms with E-state index in [1.807, 2.05) is 24.8 Å². The molecule has 1 aliphatic heterocycles. The van der Waals surface area contributed by atoms with Crippen LogP contribution < -0.4 is 10.1 Å².